The van der Waals surface area contributed by atoms with Crippen LogP contribution in [0, 0.1) is 0 Å². The molecule has 1 aliphatic rings. The first-order valence-corrected chi connectivity index (χ1v) is 6.14. The molecule has 5 nitrogen and oxygen atoms in total. The Balaban J connectivity index is 2.32. The third-order valence-electron chi connectivity index (χ3n) is 2.97. The SMILES string of the molecule is CC1CN(c2cc(C(=O)O)c(Cl)cn2)C(C)CO1. The summed E-state index contributed by atoms with van der Waals surface area (Å²) < 4.78 is 5.53. The van der Waals surface area contributed by atoms with Crippen molar-refractivity contribution in [2.75, 3.05) is 18.1 Å². The Labute approximate surface area is 110 Å². The van der Waals surface area contributed by atoms with Gasteiger partial charge < -0.3 is 14.7 Å². The van der Waals surface area contributed by atoms with Crippen LogP contribution in [0.25, 0.3) is 0 Å². The van der Waals surface area contributed by atoms with E-state index < -0.39 is 5.97 Å². The van der Waals surface area contributed by atoms with E-state index in [0.29, 0.717) is 19.0 Å². The zero-order valence-corrected chi connectivity index (χ0v) is 11.0. The number of hydrogen-bond donors (Lipinski definition) is 1. The number of carboxylic acid groups (broad SMARTS) is 1. The number of aromatic carboxylic acids is 1. The highest BCUT2D eigenvalue weighted by atomic mass is 35.5. The Morgan fingerprint density at radius 3 is 3.00 bits per heavy atom. The first-order valence-electron chi connectivity index (χ1n) is 5.76. The minimum Gasteiger partial charge on any atom is -0.478 e. The molecular weight excluding hydrogens is 256 g/mol. The van der Waals surface area contributed by atoms with Crippen LogP contribution in [0.5, 0.6) is 0 Å². The molecule has 0 bridgehead atoms. The van der Waals surface area contributed by atoms with Gasteiger partial charge in [-0.3, -0.25) is 0 Å². The quantitative estimate of drug-likeness (QED) is 0.891. The number of carboxylic acids is 1. The minimum atomic E-state index is -1.04. The number of rotatable bonds is 2. The Kier molecular flexibility index (Phi) is 3.73. The average molecular weight is 271 g/mol. The fourth-order valence-corrected chi connectivity index (χ4v) is 2.16. The van der Waals surface area contributed by atoms with Crippen molar-refractivity contribution in [2.45, 2.75) is 26.0 Å². The molecule has 2 unspecified atom stereocenters. The van der Waals surface area contributed by atoms with Crippen molar-refractivity contribution < 1.29 is 14.6 Å². The number of hydrogen-bond acceptors (Lipinski definition) is 4. The maximum absolute atomic E-state index is 11.0. The molecule has 18 heavy (non-hydrogen) atoms. The number of morpholine rings is 1. The zero-order chi connectivity index (χ0) is 13.3. The number of halogens is 1. The normalized spacial score (nSPS) is 24.1. The zero-order valence-electron chi connectivity index (χ0n) is 10.3. The van der Waals surface area contributed by atoms with E-state index in [1.807, 2.05) is 18.7 Å². The standard InChI is InChI=1S/C12H15ClN2O3/c1-7-6-18-8(2)5-15(7)11-3-9(12(16)17)10(13)4-14-11/h3-4,7-8H,5-6H2,1-2H3,(H,16,17). The second-order valence-corrected chi connectivity index (χ2v) is 4.88. The largest absolute Gasteiger partial charge is 0.478 e. The summed E-state index contributed by atoms with van der Waals surface area (Å²) in [6, 6.07) is 1.68. The summed E-state index contributed by atoms with van der Waals surface area (Å²) in [5.74, 6) is -0.419. The van der Waals surface area contributed by atoms with Crippen molar-refractivity contribution in [1.82, 2.24) is 4.98 Å². The first-order chi connectivity index (χ1) is 8.49. The van der Waals surface area contributed by atoms with Crippen LogP contribution in [-0.2, 0) is 4.74 Å². The van der Waals surface area contributed by atoms with Gasteiger partial charge in [0.1, 0.15) is 5.82 Å². The lowest BCUT2D eigenvalue weighted by Gasteiger charge is -2.37. The summed E-state index contributed by atoms with van der Waals surface area (Å²) in [6.07, 6.45) is 1.49. The number of pyridine rings is 1. The lowest BCUT2D eigenvalue weighted by Crippen LogP contribution is -2.47. The highest BCUT2D eigenvalue weighted by molar-refractivity contribution is 6.33. The average Bonchev–Trinajstić information content (AvgIpc) is 2.33. The third kappa shape index (κ3) is 2.57. The second-order valence-electron chi connectivity index (χ2n) is 4.47. The molecule has 1 aromatic heterocycles. The predicted octanol–water partition coefficient (Wildman–Crippen LogP) is 2.05. The highest BCUT2D eigenvalue weighted by Gasteiger charge is 2.25. The fourth-order valence-electron chi connectivity index (χ4n) is 1.97. The summed E-state index contributed by atoms with van der Waals surface area (Å²) >= 11 is 5.81. The summed E-state index contributed by atoms with van der Waals surface area (Å²) in [5.41, 5.74) is 0.0769. The smallest absolute Gasteiger partial charge is 0.337 e. The van der Waals surface area contributed by atoms with E-state index in [9.17, 15) is 4.79 Å². The molecule has 2 atom stereocenters. The Bertz CT molecular complexity index is 467. The van der Waals surface area contributed by atoms with Gasteiger partial charge in [-0.05, 0) is 19.9 Å². The van der Waals surface area contributed by atoms with E-state index >= 15 is 0 Å². The van der Waals surface area contributed by atoms with Crippen molar-refractivity contribution in [3.63, 3.8) is 0 Å². The highest BCUT2D eigenvalue weighted by Crippen LogP contribution is 2.24. The lowest BCUT2D eigenvalue weighted by atomic mass is 10.2. The molecule has 1 aliphatic heterocycles. The first kappa shape index (κ1) is 13.1. The van der Waals surface area contributed by atoms with Gasteiger partial charge in [-0.25, -0.2) is 9.78 Å². The molecule has 0 saturated carbocycles. The predicted molar refractivity (Wildman–Crippen MR) is 68.4 cm³/mol. The Hall–Kier alpha value is -1.33. The van der Waals surface area contributed by atoms with Crippen molar-refractivity contribution >= 4 is 23.4 Å². The number of ether oxygens (including phenoxy) is 1. The molecule has 2 heterocycles. The second kappa shape index (κ2) is 5.12. The van der Waals surface area contributed by atoms with Gasteiger partial charge in [-0.15, -0.1) is 0 Å². The van der Waals surface area contributed by atoms with Gasteiger partial charge in [-0.2, -0.15) is 0 Å². The Morgan fingerprint density at radius 2 is 2.33 bits per heavy atom. The molecule has 0 amide bonds. The van der Waals surface area contributed by atoms with Gasteiger partial charge in [0.05, 0.1) is 29.3 Å². The topological polar surface area (TPSA) is 62.7 Å². The number of nitrogens with zero attached hydrogens (tertiary/aromatic N) is 2. The van der Waals surface area contributed by atoms with Crippen molar-refractivity contribution in [3.05, 3.63) is 22.8 Å². The molecule has 6 heteroatoms. The van der Waals surface area contributed by atoms with Gasteiger partial charge in [0.25, 0.3) is 0 Å². The molecule has 0 radical (unpaired) electrons. The van der Waals surface area contributed by atoms with Crippen molar-refractivity contribution in [1.29, 1.82) is 0 Å². The van der Waals surface area contributed by atoms with Crippen LogP contribution in [0.2, 0.25) is 5.02 Å². The van der Waals surface area contributed by atoms with Crippen molar-refractivity contribution in [3.8, 4) is 0 Å². The van der Waals surface area contributed by atoms with Crippen LogP contribution < -0.4 is 4.90 Å². The van der Waals surface area contributed by atoms with E-state index in [4.69, 9.17) is 21.4 Å². The summed E-state index contributed by atoms with van der Waals surface area (Å²) in [4.78, 5) is 17.3. The van der Waals surface area contributed by atoms with Gasteiger partial charge in [0, 0.05) is 12.7 Å². The van der Waals surface area contributed by atoms with E-state index in [2.05, 4.69) is 4.98 Å². The van der Waals surface area contributed by atoms with Gasteiger partial charge >= 0.3 is 5.97 Å². The summed E-state index contributed by atoms with van der Waals surface area (Å²) in [7, 11) is 0. The van der Waals surface area contributed by atoms with E-state index in [1.165, 1.54) is 12.3 Å². The summed E-state index contributed by atoms with van der Waals surface area (Å²) in [6.45, 7) is 5.29. The molecule has 0 spiro atoms. The molecule has 1 fully saturated rings. The molecule has 1 aromatic rings. The summed E-state index contributed by atoms with van der Waals surface area (Å²) in [5, 5.41) is 9.20. The van der Waals surface area contributed by atoms with Gasteiger partial charge in [0.2, 0.25) is 0 Å². The van der Waals surface area contributed by atoms with Crippen molar-refractivity contribution in [2.24, 2.45) is 0 Å². The molecule has 1 saturated heterocycles. The molecule has 0 aliphatic carbocycles. The molecule has 2 rings (SSSR count). The van der Waals surface area contributed by atoms with E-state index in [0.717, 1.165) is 0 Å². The molecule has 0 aromatic carbocycles. The molecule has 98 valence electrons. The minimum absolute atomic E-state index is 0.0769. The number of carbonyl (C=O) groups is 1. The van der Waals surface area contributed by atoms with E-state index in [-0.39, 0.29) is 22.7 Å². The molecule has 1 N–H and O–H groups in total. The van der Waals surface area contributed by atoms with Crippen LogP contribution in [0.1, 0.15) is 24.2 Å². The monoisotopic (exact) mass is 270 g/mol. The third-order valence-corrected chi connectivity index (χ3v) is 3.27. The van der Waals surface area contributed by atoms with Gasteiger partial charge in [-0.1, -0.05) is 11.6 Å². The van der Waals surface area contributed by atoms with Crippen LogP contribution in [-0.4, -0.2) is 41.4 Å². The van der Waals surface area contributed by atoms with Crippen LogP contribution >= 0.6 is 11.6 Å². The Morgan fingerprint density at radius 1 is 1.61 bits per heavy atom. The van der Waals surface area contributed by atoms with Crippen LogP contribution in [0.15, 0.2) is 12.3 Å². The van der Waals surface area contributed by atoms with Crippen LogP contribution in [0.4, 0.5) is 5.82 Å². The molecular formula is C12H15ClN2O3. The van der Waals surface area contributed by atoms with Crippen LogP contribution in [0.3, 0.4) is 0 Å². The van der Waals surface area contributed by atoms with Gasteiger partial charge in [0.15, 0.2) is 0 Å². The number of anilines is 1. The lowest BCUT2D eigenvalue weighted by molar-refractivity contribution is 0.0340. The maximum Gasteiger partial charge on any atom is 0.337 e. The maximum atomic E-state index is 11.0. The number of aromatic nitrogens is 1. The fraction of sp³-hybridized carbons (Fsp3) is 0.500. The van der Waals surface area contributed by atoms with E-state index in [1.54, 1.807) is 0 Å².